The minimum Gasteiger partial charge on any atom is -0.483 e. The second-order valence-electron chi connectivity index (χ2n) is 3.63. The molecule has 0 aromatic heterocycles. The molecule has 1 atom stereocenters. The van der Waals surface area contributed by atoms with E-state index in [1.54, 1.807) is 0 Å². The van der Waals surface area contributed by atoms with Crippen molar-refractivity contribution in [3.63, 3.8) is 0 Å². The molecule has 0 unspecified atom stereocenters. The van der Waals surface area contributed by atoms with Crippen LogP contribution in [-0.4, -0.2) is 28.9 Å². The van der Waals surface area contributed by atoms with Crippen molar-refractivity contribution >= 4 is 21.6 Å². The summed E-state index contributed by atoms with van der Waals surface area (Å²) in [7, 11) is 0. The Labute approximate surface area is 114 Å². The third kappa shape index (κ3) is 5.03. The minimum atomic E-state index is -4.53. The Bertz CT molecular complexity index is 467. The summed E-state index contributed by atoms with van der Waals surface area (Å²) in [5, 5.41) is 19.8. The van der Waals surface area contributed by atoms with Crippen molar-refractivity contribution in [2.75, 3.05) is 6.61 Å². The quantitative estimate of drug-likeness (QED) is 0.658. The molecule has 0 aliphatic rings. The number of ether oxygens (including phenoxy) is 1. The van der Waals surface area contributed by atoms with E-state index in [1.165, 1.54) is 12.1 Å². The van der Waals surface area contributed by atoms with Gasteiger partial charge in [0.15, 0.2) is 0 Å². The Morgan fingerprint density at radius 1 is 1.47 bits per heavy atom. The lowest BCUT2D eigenvalue weighted by atomic mass is 10.2. The molecule has 1 N–H and O–H groups in total. The van der Waals surface area contributed by atoms with Gasteiger partial charge in [-0.1, -0.05) is 6.07 Å². The predicted octanol–water partition coefficient (Wildman–Crippen LogP) is 3.05. The van der Waals surface area contributed by atoms with Crippen molar-refractivity contribution < 1.29 is 27.9 Å². The highest BCUT2D eigenvalue weighted by Crippen LogP contribution is 2.35. The monoisotopic (exact) mass is 343 g/mol. The van der Waals surface area contributed by atoms with E-state index in [9.17, 15) is 23.3 Å². The molecular weight excluding hydrogens is 335 g/mol. The fraction of sp³-hybridized carbons (Fsp3) is 0.400. The summed E-state index contributed by atoms with van der Waals surface area (Å²) in [6, 6.07) is 3.98. The molecule has 0 amide bonds. The molecule has 1 aromatic carbocycles. The number of nitro groups is 1. The molecule has 0 fully saturated rings. The zero-order valence-electron chi connectivity index (χ0n) is 9.35. The SMILES string of the molecule is O=[N+]([O-])c1cccc(Br)c1OC[C@@H](O)CC(F)(F)F. The third-order valence-corrected chi connectivity index (χ3v) is 2.65. The van der Waals surface area contributed by atoms with Crippen LogP contribution in [0.25, 0.3) is 0 Å². The summed E-state index contributed by atoms with van der Waals surface area (Å²) in [4.78, 5) is 9.98. The van der Waals surface area contributed by atoms with E-state index in [-0.39, 0.29) is 10.2 Å². The molecule has 0 bridgehead atoms. The second-order valence-corrected chi connectivity index (χ2v) is 4.48. The lowest BCUT2D eigenvalue weighted by Gasteiger charge is -2.14. The lowest BCUT2D eigenvalue weighted by molar-refractivity contribution is -0.386. The van der Waals surface area contributed by atoms with Gasteiger partial charge in [-0.25, -0.2) is 0 Å². The number of alkyl halides is 3. The van der Waals surface area contributed by atoms with E-state index in [0.717, 1.165) is 6.07 Å². The summed E-state index contributed by atoms with van der Waals surface area (Å²) in [5.74, 6) is -0.214. The molecule has 1 rings (SSSR count). The maximum Gasteiger partial charge on any atom is 0.391 e. The minimum absolute atomic E-state index is 0.214. The number of rotatable bonds is 5. The van der Waals surface area contributed by atoms with Crippen molar-refractivity contribution in [1.29, 1.82) is 0 Å². The van der Waals surface area contributed by atoms with E-state index in [2.05, 4.69) is 15.9 Å². The Balaban J connectivity index is 2.75. The van der Waals surface area contributed by atoms with Crippen LogP contribution < -0.4 is 4.74 Å². The number of para-hydroxylation sites is 1. The average molecular weight is 344 g/mol. The molecular formula is C10H9BrF3NO4. The van der Waals surface area contributed by atoms with Gasteiger partial charge in [0.2, 0.25) is 5.75 Å². The van der Waals surface area contributed by atoms with Gasteiger partial charge in [-0.05, 0) is 22.0 Å². The molecule has 19 heavy (non-hydrogen) atoms. The first-order valence-electron chi connectivity index (χ1n) is 5.01. The smallest absolute Gasteiger partial charge is 0.391 e. The maximum atomic E-state index is 12.0. The molecule has 0 saturated heterocycles. The number of nitro benzene ring substituents is 1. The maximum absolute atomic E-state index is 12.0. The van der Waals surface area contributed by atoms with Gasteiger partial charge in [0.25, 0.3) is 0 Å². The fourth-order valence-electron chi connectivity index (χ4n) is 1.29. The molecule has 1 aromatic rings. The first kappa shape index (κ1) is 15.7. The van der Waals surface area contributed by atoms with Gasteiger partial charge >= 0.3 is 11.9 Å². The number of aliphatic hydroxyl groups is 1. The summed E-state index contributed by atoms with van der Waals surface area (Å²) in [6.45, 7) is -0.692. The van der Waals surface area contributed by atoms with Gasteiger partial charge < -0.3 is 9.84 Å². The normalized spacial score (nSPS) is 13.1. The van der Waals surface area contributed by atoms with E-state index in [0.29, 0.717) is 0 Å². The average Bonchev–Trinajstić information content (AvgIpc) is 2.24. The highest BCUT2D eigenvalue weighted by Gasteiger charge is 2.31. The molecule has 106 valence electrons. The van der Waals surface area contributed by atoms with Gasteiger partial charge in [0.05, 0.1) is 21.9 Å². The van der Waals surface area contributed by atoms with Gasteiger partial charge in [-0.3, -0.25) is 10.1 Å². The van der Waals surface area contributed by atoms with E-state index < -0.39 is 35.9 Å². The second kappa shape index (κ2) is 6.20. The number of halogens is 4. The zero-order valence-corrected chi connectivity index (χ0v) is 10.9. The van der Waals surface area contributed by atoms with E-state index in [1.807, 2.05) is 0 Å². The third-order valence-electron chi connectivity index (χ3n) is 2.03. The van der Waals surface area contributed by atoms with Crippen molar-refractivity contribution in [2.45, 2.75) is 18.7 Å². The summed E-state index contributed by atoms with van der Waals surface area (Å²) < 4.78 is 41.1. The summed E-state index contributed by atoms with van der Waals surface area (Å²) in [6.07, 6.45) is -7.75. The first-order chi connectivity index (χ1) is 8.70. The fourth-order valence-corrected chi connectivity index (χ4v) is 1.76. The number of hydrogen-bond donors (Lipinski definition) is 1. The highest BCUT2D eigenvalue weighted by molar-refractivity contribution is 9.10. The summed E-state index contributed by atoms with van der Waals surface area (Å²) >= 11 is 2.99. The Hall–Kier alpha value is -1.35. The van der Waals surface area contributed by atoms with Crippen LogP contribution in [0.4, 0.5) is 18.9 Å². The topological polar surface area (TPSA) is 72.6 Å². The number of aliphatic hydroxyl groups excluding tert-OH is 1. The number of nitrogens with zero attached hydrogens (tertiary/aromatic N) is 1. The molecule has 0 saturated carbocycles. The van der Waals surface area contributed by atoms with Gasteiger partial charge in [-0.15, -0.1) is 0 Å². The molecule has 9 heteroatoms. The molecule has 0 heterocycles. The zero-order chi connectivity index (χ0) is 14.6. The van der Waals surface area contributed by atoms with Crippen LogP contribution in [0.5, 0.6) is 5.75 Å². The van der Waals surface area contributed by atoms with Gasteiger partial charge in [0, 0.05) is 6.07 Å². The van der Waals surface area contributed by atoms with E-state index in [4.69, 9.17) is 9.84 Å². The predicted molar refractivity (Wildman–Crippen MR) is 63.0 cm³/mol. The van der Waals surface area contributed by atoms with Gasteiger partial charge in [0.1, 0.15) is 6.61 Å². The van der Waals surface area contributed by atoms with Crippen LogP contribution >= 0.6 is 15.9 Å². The first-order valence-corrected chi connectivity index (χ1v) is 5.80. The standard InChI is InChI=1S/C10H9BrF3NO4/c11-7-2-1-3-8(15(17)18)9(7)19-5-6(16)4-10(12,13)14/h1-3,6,16H,4-5H2/t6-/m0/s1. The van der Waals surface area contributed by atoms with Crippen molar-refractivity contribution in [1.82, 2.24) is 0 Å². The molecule has 5 nitrogen and oxygen atoms in total. The molecule has 0 aliphatic carbocycles. The lowest BCUT2D eigenvalue weighted by Crippen LogP contribution is -2.25. The van der Waals surface area contributed by atoms with Crippen molar-refractivity contribution in [2.24, 2.45) is 0 Å². The van der Waals surface area contributed by atoms with Crippen LogP contribution in [0.15, 0.2) is 22.7 Å². The van der Waals surface area contributed by atoms with Gasteiger partial charge in [-0.2, -0.15) is 13.2 Å². The Morgan fingerprint density at radius 2 is 2.11 bits per heavy atom. The largest absolute Gasteiger partial charge is 0.483 e. The van der Waals surface area contributed by atoms with Crippen LogP contribution in [0.1, 0.15) is 6.42 Å². The van der Waals surface area contributed by atoms with Crippen LogP contribution in [0.2, 0.25) is 0 Å². The van der Waals surface area contributed by atoms with Crippen LogP contribution in [0.3, 0.4) is 0 Å². The molecule has 0 radical (unpaired) electrons. The Kier molecular flexibility index (Phi) is 5.12. The molecule has 0 aliphatic heterocycles. The summed E-state index contributed by atoms with van der Waals surface area (Å²) in [5.41, 5.74) is -0.395. The highest BCUT2D eigenvalue weighted by atomic mass is 79.9. The number of benzene rings is 1. The molecule has 0 spiro atoms. The number of hydrogen-bond acceptors (Lipinski definition) is 4. The Morgan fingerprint density at radius 3 is 2.63 bits per heavy atom. The van der Waals surface area contributed by atoms with Crippen LogP contribution in [0, 0.1) is 10.1 Å². The van der Waals surface area contributed by atoms with E-state index >= 15 is 0 Å². The van der Waals surface area contributed by atoms with Crippen molar-refractivity contribution in [3.05, 3.63) is 32.8 Å². The van der Waals surface area contributed by atoms with Crippen LogP contribution in [-0.2, 0) is 0 Å². The van der Waals surface area contributed by atoms with Crippen molar-refractivity contribution in [3.8, 4) is 5.75 Å².